The summed E-state index contributed by atoms with van der Waals surface area (Å²) in [5, 5.41) is 0.123. The van der Waals surface area contributed by atoms with Crippen LogP contribution in [0.1, 0.15) is 67.9 Å². The molecular weight excluding hydrogens is 386 g/mol. The molecule has 160 valence electrons. The Morgan fingerprint density at radius 2 is 1.57 bits per heavy atom. The highest BCUT2D eigenvalue weighted by molar-refractivity contribution is 7.95. The van der Waals surface area contributed by atoms with Crippen LogP contribution in [0.15, 0.2) is 33.5 Å². The minimum atomic E-state index is -2.94. The molecule has 0 unspecified atom stereocenters. The number of carbonyl (C=O) groups is 1. The van der Waals surface area contributed by atoms with Gasteiger partial charge in [0.05, 0.1) is 21.1 Å². The highest BCUT2D eigenvalue weighted by Gasteiger charge is 2.37. The summed E-state index contributed by atoms with van der Waals surface area (Å²) in [5.74, 6) is -0.338. The van der Waals surface area contributed by atoms with Crippen molar-refractivity contribution in [2.45, 2.75) is 96.7 Å². The summed E-state index contributed by atoms with van der Waals surface area (Å²) in [6.07, 6.45) is 0. The average molecular weight is 426 g/mol. The third kappa shape index (κ3) is 5.77. The molecule has 1 aromatic carbocycles. The monoisotopic (exact) mass is 425 g/mol. The van der Waals surface area contributed by atoms with Gasteiger partial charge in [-0.15, -0.1) is 0 Å². The number of hydrogen-bond acceptors (Lipinski definition) is 3. The lowest BCUT2D eigenvalue weighted by molar-refractivity contribution is -0.124. The number of carbonyl (C=O) groups excluding carboxylic acids is 1. The van der Waals surface area contributed by atoms with Gasteiger partial charge in [0.25, 0.3) is 5.91 Å². The molecule has 6 heteroatoms. The van der Waals surface area contributed by atoms with Crippen LogP contribution >= 0.6 is 0 Å². The van der Waals surface area contributed by atoms with Crippen molar-refractivity contribution in [3.05, 3.63) is 29.8 Å². The second-order valence-electron chi connectivity index (χ2n) is 11.0. The minimum absolute atomic E-state index is 0.123. The van der Waals surface area contributed by atoms with Crippen molar-refractivity contribution in [3.8, 4) is 0 Å². The normalized spacial score (nSPS) is 15.8. The predicted octanol–water partition coefficient (Wildman–Crippen LogP) is 6.41. The van der Waals surface area contributed by atoms with E-state index in [4.69, 9.17) is 4.43 Å². The van der Waals surface area contributed by atoms with Gasteiger partial charge < -0.3 is 4.43 Å². The van der Waals surface area contributed by atoms with Gasteiger partial charge in [0.2, 0.25) is 0 Å². The zero-order valence-electron chi connectivity index (χ0n) is 19.6. The Hall–Kier alpha value is -0.983. The van der Waals surface area contributed by atoms with Crippen LogP contribution in [0, 0.1) is 5.41 Å². The molecule has 0 aliphatic heterocycles. The van der Waals surface area contributed by atoms with E-state index in [0.717, 1.165) is 5.56 Å². The molecule has 0 spiro atoms. The maximum absolute atomic E-state index is 14.0. The Balaban J connectivity index is 3.38. The highest BCUT2D eigenvalue weighted by Crippen LogP contribution is 2.37. The molecule has 0 saturated carbocycles. The molecule has 1 amide bonds. The van der Waals surface area contributed by atoms with Crippen molar-refractivity contribution in [2.75, 3.05) is 0 Å². The fourth-order valence-electron chi connectivity index (χ4n) is 2.08. The first-order valence-corrected chi connectivity index (χ1v) is 14.3. The molecule has 0 bridgehead atoms. The summed E-state index contributed by atoms with van der Waals surface area (Å²) in [6.45, 7) is 22.5. The molecule has 0 aromatic heterocycles. The number of amides is 1. The molecular formula is C22H39NO3SSi. The molecule has 4 nitrogen and oxygen atoms in total. The fourth-order valence-corrected chi connectivity index (χ4v) is 5.21. The first kappa shape index (κ1) is 25.1. The van der Waals surface area contributed by atoms with Crippen molar-refractivity contribution < 1.29 is 13.4 Å². The van der Waals surface area contributed by atoms with Crippen molar-refractivity contribution in [2.24, 2.45) is 9.78 Å². The number of rotatable bonds is 4. The molecule has 1 atom stereocenters. The Morgan fingerprint density at radius 3 is 2.00 bits per heavy atom. The van der Waals surface area contributed by atoms with Crippen molar-refractivity contribution >= 4 is 24.0 Å². The maximum atomic E-state index is 14.0. The molecule has 28 heavy (non-hydrogen) atoms. The molecule has 0 fully saturated rings. The van der Waals surface area contributed by atoms with Gasteiger partial charge in [-0.25, -0.2) is 4.21 Å². The quantitative estimate of drug-likeness (QED) is 0.524. The van der Waals surface area contributed by atoms with Crippen LogP contribution < -0.4 is 0 Å². The van der Waals surface area contributed by atoms with E-state index in [9.17, 15) is 9.00 Å². The third-order valence-corrected chi connectivity index (χ3v) is 12.8. The van der Waals surface area contributed by atoms with Gasteiger partial charge in [0, 0.05) is 10.3 Å². The zero-order chi connectivity index (χ0) is 22.2. The Morgan fingerprint density at radius 1 is 1.04 bits per heavy atom. The van der Waals surface area contributed by atoms with Gasteiger partial charge in [0.15, 0.2) is 8.32 Å². The lowest BCUT2D eigenvalue weighted by atomic mass is 9.96. The average Bonchev–Trinajstić information content (AvgIpc) is 2.50. The van der Waals surface area contributed by atoms with Crippen LogP contribution in [0.5, 0.6) is 0 Å². The lowest BCUT2D eigenvalue weighted by Gasteiger charge is -2.36. The van der Waals surface area contributed by atoms with Gasteiger partial charge >= 0.3 is 0 Å². The molecule has 0 saturated heterocycles. The van der Waals surface area contributed by atoms with Crippen LogP contribution in [0.2, 0.25) is 18.1 Å². The van der Waals surface area contributed by atoms with Crippen LogP contribution in [0.3, 0.4) is 0 Å². The smallest absolute Gasteiger partial charge is 0.259 e. The first-order chi connectivity index (χ1) is 12.3. The summed E-state index contributed by atoms with van der Waals surface area (Å²) < 4.78 is 23.9. The van der Waals surface area contributed by atoms with E-state index in [-0.39, 0.29) is 10.9 Å². The van der Waals surface area contributed by atoms with Gasteiger partial charge in [-0.3, -0.25) is 4.79 Å². The van der Waals surface area contributed by atoms with Gasteiger partial charge in [-0.1, -0.05) is 53.7 Å². The van der Waals surface area contributed by atoms with Crippen molar-refractivity contribution in [1.29, 1.82) is 0 Å². The Bertz CT molecular complexity index is 831. The topological polar surface area (TPSA) is 55.7 Å². The second kappa shape index (κ2) is 8.03. The van der Waals surface area contributed by atoms with Crippen LogP contribution in [-0.4, -0.2) is 23.2 Å². The number of benzene rings is 1. The summed E-state index contributed by atoms with van der Waals surface area (Å²) >= 11 is 0. The predicted molar refractivity (Wildman–Crippen MR) is 121 cm³/mol. The SMILES string of the molecule is CC(C)(C)C(=O)N=[S@@](=O)(c1cccc(CO[Si](C)(C)C(C)(C)C)c1)C(C)(C)C. The van der Waals surface area contributed by atoms with E-state index >= 15 is 0 Å². The van der Waals surface area contributed by atoms with Crippen molar-refractivity contribution in [1.82, 2.24) is 0 Å². The van der Waals surface area contributed by atoms with E-state index in [1.54, 1.807) is 20.8 Å². The van der Waals surface area contributed by atoms with E-state index < -0.39 is 28.2 Å². The zero-order valence-corrected chi connectivity index (χ0v) is 21.4. The lowest BCUT2D eigenvalue weighted by Crippen LogP contribution is -2.40. The van der Waals surface area contributed by atoms with Gasteiger partial charge in [0.1, 0.15) is 0 Å². The van der Waals surface area contributed by atoms with E-state index in [0.29, 0.717) is 11.5 Å². The Labute approximate surface area is 173 Å². The molecule has 0 aliphatic rings. The molecule has 1 rings (SSSR count). The second-order valence-corrected chi connectivity index (χ2v) is 18.7. The molecule has 0 N–H and O–H groups in total. The standard InChI is InChI=1S/C22H39NO3SSi/c1-20(2,3)19(24)23-27(25,21(4,5)6)18-14-12-13-17(15-18)16-26-28(10,11)22(7,8)9/h12-15H,16H2,1-11H3/t27-/m1/s1. The summed E-state index contributed by atoms with van der Waals surface area (Å²) in [7, 11) is -4.83. The molecule has 0 radical (unpaired) electrons. The number of nitrogens with zero attached hydrogens (tertiary/aromatic N) is 1. The van der Waals surface area contributed by atoms with Crippen LogP contribution in [0.25, 0.3) is 0 Å². The number of hydrogen-bond donors (Lipinski definition) is 0. The fraction of sp³-hybridized carbons (Fsp3) is 0.682. The summed E-state index contributed by atoms with van der Waals surface area (Å²) in [4.78, 5) is 13.2. The highest BCUT2D eigenvalue weighted by atomic mass is 32.2. The summed E-state index contributed by atoms with van der Waals surface area (Å²) in [5.41, 5.74) is 0.287. The largest absolute Gasteiger partial charge is 0.413 e. The van der Waals surface area contributed by atoms with Crippen molar-refractivity contribution in [3.63, 3.8) is 0 Å². The van der Waals surface area contributed by atoms with Gasteiger partial charge in [-0.05, 0) is 56.6 Å². The van der Waals surface area contributed by atoms with Crippen LogP contribution in [-0.2, 0) is 25.6 Å². The Kier molecular flexibility index (Phi) is 7.19. The molecule has 1 aromatic rings. The molecule has 0 aliphatic carbocycles. The van der Waals surface area contributed by atoms with E-state index in [1.165, 1.54) is 0 Å². The van der Waals surface area contributed by atoms with E-state index in [1.807, 2.05) is 45.0 Å². The maximum Gasteiger partial charge on any atom is 0.259 e. The molecule has 0 heterocycles. The minimum Gasteiger partial charge on any atom is -0.413 e. The summed E-state index contributed by atoms with van der Waals surface area (Å²) in [6, 6.07) is 7.55. The van der Waals surface area contributed by atoms with Gasteiger partial charge in [-0.2, -0.15) is 4.36 Å². The first-order valence-electron chi connectivity index (χ1n) is 9.85. The van der Waals surface area contributed by atoms with E-state index in [2.05, 4.69) is 38.2 Å². The third-order valence-electron chi connectivity index (χ3n) is 5.31. The van der Waals surface area contributed by atoms with Crippen LogP contribution in [0.4, 0.5) is 0 Å².